The lowest BCUT2D eigenvalue weighted by Gasteiger charge is -2.41. The van der Waals surface area contributed by atoms with E-state index in [0.29, 0.717) is 16.9 Å². The molecule has 3 aliphatic rings. The van der Waals surface area contributed by atoms with E-state index in [4.69, 9.17) is 4.43 Å². The van der Waals surface area contributed by atoms with Gasteiger partial charge in [-0.25, -0.2) is 9.89 Å². The van der Waals surface area contributed by atoms with E-state index in [1.807, 2.05) is 25.0 Å². The Bertz CT molecular complexity index is 569. The molecule has 3 rings (SSSR count). The number of halogens is 1. The lowest BCUT2D eigenvalue weighted by Crippen LogP contribution is -3.04. The van der Waals surface area contributed by atoms with Crippen LogP contribution >= 0.6 is 0 Å². The van der Waals surface area contributed by atoms with Crippen LogP contribution in [-0.4, -0.2) is 27.5 Å². The Morgan fingerprint density at radius 3 is 2.65 bits per heavy atom. The van der Waals surface area contributed by atoms with Crippen LogP contribution < -0.4 is 17.3 Å². The topological polar surface area (TPSA) is 38.4 Å². The van der Waals surface area contributed by atoms with Gasteiger partial charge in [-0.05, 0) is 36.9 Å². The third kappa shape index (κ3) is 3.68. The summed E-state index contributed by atoms with van der Waals surface area (Å²) in [6.45, 7) is 12.5. The summed E-state index contributed by atoms with van der Waals surface area (Å²) >= 11 is 0. The van der Waals surface area contributed by atoms with Gasteiger partial charge >= 0.3 is 0 Å². The van der Waals surface area contributed by atoms with Crippen molar-refractivity contribution in [3.8, 4) is 0 Å². The number of quaternary nitrogens is 1. The van der Waals surface area contributed by atoms with E-state index in [-0.39, 0.29) is 12.4 Å². The Morgan fingerprint density at radius 2 is 2.00 bits per heavy atom. The van der Waals surface area contributed by atoms with Crippen LogP contribution in [0.3, 0.4) is 0 Å². The molecular formula is C17H28ClN3OSi. The van der Waals surface area contributed by atoms with Gasteiger partial charge in [-0.15, -0.1) is 0 Å². The van der Waals surface area contributed by atoms with Crippen molar-refractivity contribution in [2.24, 2.45) is 21.8 Å². The lowest BCUT2D eigenvalue weighted by atomic mass is 9.73. The van der Waals surface area contributed by atoms with Gasteiger partial charge in [-0.1, -0.05) is 20.8 Å². The van der Waals surface area contributed by atoms with Gasteiger partial charge in [0.2, 0.25) is 0 Å². The minimum absolute atomic E-state index is 0. The highest BCUT2D eigenvalue weighted by Crippen LogP contribution is 2.42. The summed E-state index contributed by atoms with van der Waals surface area (Å²) in [4.78, 5) is 10.1. The second-order valence-corrected chi connectivity index (χ2v) is 13.0. The molecule has 2 aliphatic heterocycles. The molecule has 2 heterocycles. The first kappa shape index (κ1) is 18.6. The van der Waals surface area contributed by atoms with E-state index in [1.54, 1.807) is 0 Å². The molecule has 0 radical (unpaired) electrons. The van der Waals surface area contributed by atoms with Crippen molar-refractivity contribution >= 4 is 20.9 Å². The first-order chi connectivity index (χ1) is 10.3. The van der Waals surface area contributed by atoms with Crippen LogP contribution in [0.25, 0.3) is 0 Å². The van der Waals surface area contributed by atoms with Crippen molar-refractivity contribution < 1.29 is 21.7 Å². The van der Waals surface area contributed by atoms with E-state index in [1.165, 1.54) is 29.1 Å². The first-order valence-electron chi connectivity index (χ1n) is 8.27. The molecule has 0 spiro atoms. The highest BCUT2D eigenvalue weighted by molar-refractivity contribution is 6.74. The van der Waals surface area contributed by atoms with Crippen LogP contribution in [0, 0.1) is 11.8 Å². The van der Waals surface area contributed by atoms with Crippen molar-refractivity contribution in [3.63, 3.8) is 0 Å². The number of fused-ring (bicyclic) bond motifs is 1. The molecule has 0 bridgehead atoms. The molecule has 0 amide bonds. The molecular weight excluding hydrogens is 326 g/mol. The zero-order valence-electron chi connectivity index (χ0n) is 14.8. The van der Waals surface area contributed by atoms with E-state index in [2.05, 4.69) is 43.9 Å². The van der Waals surface area contributed by atoms with E-state index >= 15 is 0 Å². The summed E-state index contributed by atoms with van der Waals surface area (Å²) in [5.41, 5.74) is 2.47. The quantitative estimate of drug-likeness (QED) is 0.694. The normalized spacial score (nSPS) is 29.3. The maximum atomic E-state index is 6.36. The number of hydrogen-bond donors (Lipinski definition) is 1. The molecule has 1 N–H and O–H groups in total. The molecule has 1 fully saturated rings. The van der Waals surface area contributed by atoms with E-state index in [9.17, 15) is 0 Å². The van der Waals surface area contributed by atoms with Gasteiger partial charge in [0.15, 0.2) is 20.4 Å². The van der Waals surface area contributed by atoms with Gasteiger partial charge < -0.3 is 16.8 Å². The van der Waals surface area contributed by atoms with Crippen molar-refractivity contribution in [3.05, 3.63) is 23.8 Å². The molecule has 0 aromatic rings. The Kier molecular flexibility index (Phi) is 5.36. The van der Waals surface area contributed by atoms with Crippen LogP contribution in [-0.2, 0) is 4.43 Å². The Morgan fingerprint density at radius 1 is 1.30 bits per heavy atom. The summed E-state index contributed by atoms with van der Waals surface area (Å²) in [6.07, 6.45) is 10.2. The van der Waals surface area contributed by atoms with Crippen LogP contribution in [0.5, 0.6) is 0 Å². The summed E-state index contributed by atoms with van der Waals surface area (Å²) in [5, 5.41) is 0.297. The highest BCUT2D eigenvalue weighted by atomic mass is 35.5. The number of rotatable bonds is 4. The van der Waals surface area contributed by atoms with Gasteiger partial charge in [-0.2, -0.15) is 0 Å². The Labute approximate surface area is 147 Å². The molecule has 1 saturated carbocycles. The molecule has 1 aliphatic carbocycles. The van der Waals surface area contributed by atoms with Gasteiger partial charge in [0.1, 0.15) is 11.9 Å². The molecule has 1 atom stereocenters. The van der Waals surface area contributed by atoms with Gasteiger partial charge in [0.25, 0.3) is 0 Å². The number of nitrogens with one attached hydrogen (secondary N) is 1. The smallest absolute Gasteiger partial charge is 0.198 e. The Balaban J connectivity index is 0.00000192. The fraction of sp³-hybridized carbons (Fsp3) is 0.647. The van der Waals surface area contributed by atoms with Gasteiger partial charge in [0, 0.05) is 12.5 Å². The third-order valence-corrected chi connectivity index (χ3v) is 10.1. The minimum Gasteiger partial charge on any atom is -1.00 e. The molecule has 4 nitrogen and oxygen atoms in total. The highest BCUT2D eigenvalue weighted by Gasteiger charge is 2.41. The Hall–Kier alpha value is -0.753. The molecule has 1 unspecified atom stereocenters. The lowest BCUT2D eigenvalue weighted by molar-refractivity contribution is -0.682. The van der Waals surface area contributed by atoms with Crippen molar-refractivity contribution in [1.29, 1.82) is 0 Å². The number of allylic oxidation sites excluding steroid dienone is 2. The second-order valence-electron chi connectivity index (χ2n) is 8.21. The van der Waals surface area contributed by atoms with Crippen LogP contribution in [0.4, 0.5) is 0 Å². The second kappa shape index (κ2) is 6.63. The number of aliphatic imine (C=N–C) groups is 2. The maximum absolute atomic E-state index is 6.36. The van der Waals surface area contributed by atoms with E-state index < -0.39 is 8.32 Å². The zero-order valence-corrected chi connectivity index (χ0v) is 16.5. The van der Waals surface area contributed by atoms with Crippen molar-refractivity contribution in [2.45, 2.75) is 51.7 Å². The average Bonchev–Trinajstić information content (AvgIpc) is 2.79. The number of nitrogens with zero attached hydrogens (tertiary/aromatic N) is 2. The summed E-state index contributed by atoms with van der Waals surface area (Å²) in [7, 11) is -1.61. The molecule has 128 valence electrons. The fourth-order valence-electron chi connectivity index (χ4n) is 2.90. The predicted octanol–water partition coefficient (Wildman–Crippen LogP) is -0.268. The zero-order chi connectivity index (χ0) is 16.0. The monoisotopic (exact) mass is 353 g/mol. The molecule has 6 heteroatoms. The molecule has 23 heavy (non-hydrogen) atoms. The summed E-state index contributed by atoms with van der Waals surface area (Å²) in [5.74, 6) is 1.29. The standard InChI is InChI=1S/C17H27N3OSi.ClH/c1-17(2,3)22(4,5)21-11-13-8-14(9-13)16-15-10-18-6-7-20(15)12-19-16;/h6-7,10,12-14H,8-9,11H2,1-5H3;1H. The van der Waals surface area contributed by atoms with Crippen LogP contribution in [0.2, 0.25) is 18.1 Å². The third-order valence-electron chi connectivity index (χ3n) is 5.58. The van der Waals surface area contributed by atoms with Crippen LogP contribution in [0.15, 0.2) is 33.8 Å². The van der Waals surface area contributed by atoms with Crippen LogP contribution in [0.1, 0.15) is 33.6 Å². The van der Waals surface area contributed by atoms with Crippen molar-refractivity contribution in [2.75, 3.05) is 6.61 Å². The molecule has 0 aromatic heterocycles. The van der Waals surface area contributed by atoms with Crippen molar-refractivity contribution in [1.82, 2.24) is 0 Å². The largest absolute Gasteiger partial charge is 1.00 e. The number of hydrogen-bond acceptors (Lipinski definition) is 3. The minimum atomic E-state index is -1.61. The summed E-state index contributed by atoms with van der Waals surface area (Å²) in [6, 6.07) is 0. The first-order valence-corrected chi connectivity index (χ1v) is 11.2. The van der Waals surface area contributed by atoms with Gasteiger partial charge in [0.05, 0.1) is 12.4 Å². The fourth-order valence-corrected chi connectivity index (χ4v) is 3.99. The van der Waals surface area contributed by atoms with E-state index in [0.717, 1.165) is 6.61 Å². The predicted molar refractivity (Wildman–Crippen MR) is 93.5 cm³/mol. The van der Waals surface area contributed by atoms with Gasteiger partial charge in [-0.3, -0.25) is 4.99 Å². The SMILES string of the molecule is CC(C)(C)[Si](C)(C)OCC1CC(C2=C3C=NC=C[NH+]3C=N2)C1.[Cl-]. The average molecular weight is 354 g/mol. The molecule has 0 aromatic carbocycles. The maximum Gasteiger partial charge on any atom is 0.198 e. The molecule has 0 saturated heterocycles. The summed E-state index contributed by atoms with van der Waals surface area (Å²) < 4.78 is 6.36.